The fraction of sp³-hybridized carbons (Fsp3) is 0.308. The Morgan fingerprint density at radius 2 is 1.97 bits per heavy atom. The normalized spacial score (nSPS) is 15.7. The van der Waals surface area contributed by atoms with Crippen LogP contribution in [-0.2, 0) is 4.79 Å². The van der Waals surface area contributed by atoms with Gasteiger partial charge in [-0.1, -0.05) is 19.1 Å². The Kier molecular flexibility index (Phi) is 7.79. The highest BCUT2D eigenvalue weighted by molar-refractivity contribution is 5.96. The number of aromatic nitrogens is 3. The Morgan fingerprint density at radius 3 is 2.56 bits per heavy atom. The third-order valence-electron chi connectivity index (χ3n) is 6.58. The molecular formula is C26H29F3N8O2. The summed E-state index contributed by atoms with van der Waals surface area (Å²) in [6.07, 6.45) is 1.69. The summed E-state index contributed by atoms with van der Waals surface area (Å²) in [6, 6.07) is 6.30. The van der Waals surface area contributed by atoms with Crippen molar-refractivity contribution in [3.8, 4) is 11.3 Å². The van der Waals surface area contributed by atoms with Gasteiger partial charge in [-0.25, -0.2) is 9.97 Å². The maximum absolute atomic E-state index is 12.9. The standard InChI is InChI=1S/C26H29F3N8O2/c1-2-15(14-36-10-3-4-20(36)38)24-35-21(22-23(32)33-9-11-37(22)24)16-5-7-17(8-6-16)25(39)34-19(31)12-18(13-30)26(27,28)29/h5-9,11-13,15H,2-4,10,14,30-31H2,1H3,(H2,32,33)(H,34,39)/b18-13+,19-12+. The van der Waals surface area contributed by atoms with Crippen molar-refractivity contribution in [3.63, 3.8) is 0 Å². The molecule has 39 heavy (non-hydrogen) atoms. The molecule has 0 aliphatic carbocycles. The number of carbonyl (C=O) groups excluding carboxylic acids is 2. The van der Waals surface area contributed by atoms with E-state index in [1.165, 1.54) is 12.1 Å². The van der Waals surface area contributed by atoms with E-state index in [1.54, 1.807) is 24.5 Å². The molecule has 2 aromatic heterocycles. The molecule has 1 unspecified atom stereocenters. The monoisotopic (exact) mass is 542 g/mol. The first-order valence-corrected chi connectivity index (χ1v) is 12.3. The lowest BCUT2D eigenvalue weighted by molar-refractivity contribution is -0.127. The summed E-state index contributed by atoms with van der Waals surface area (Å²) in [7, 11) is 0. The molecule has 10 nitrogen and oxygen atoms in total. The van der Waals surface area contributed by atoms with Crippen molar-refractivity contribution < 1.29 is 22.8 Å². The van der Waals surface area contributed by atoms with Gasteiger partial charge in [0.2, 0.25) is 5.91 Å². The number of fused-ring (bicyclic) bond motifs is 1. The molecule has 2 amide bonds. The molecule has 3 heterocycles. The predicted octanol–water partition coefficient (Wildman–Crippen LogP) is 3.03. The smallest absolute Gasteiger partial charge is 0.404 e. The van der Waals surface area contributed by atoms with Gasteiger partial charge in [-0.3, -0.25) is 14.0 Å². The van der Waals surface area contributed by atoms with Crippen molar-refractivity contribution in [2.75, 3.05) is 18.8 Å². The molecule has 13 heteroatoms. The molecule has 1 fully saturated rings. The van der Waals surface area contributed by atoms with Crippen LogP contribution in [0.5, 0.6) is 0 Å². The number of halogens is 3. The molecule has 3 aromatic rings. The van der Waals surface area contributed by atoms with Crippen LogP contribution in [0, 0.1) is 0 Å². The van der Waals surface area contributed by atoms with E-state index in [0.717, 1.165) is 25.2 Å². The second-order valence-electron chi connectivity index (χ2n) is 9.15. The summed E-state index contributed by atoms with van der Waals surface area (Å²) in [5.41, 5.74) is 17.6. The van der Waals surface area contributed by atoms with E-state index in [-0.39, 0.29) is 23.2 Å². The molecule has 206 valence electrons. The number of alkyl halides is 3. The number of allylic oxidation sites excluding steroid dienone is 2. The Balaban J connectivity index is 1.62. The van der Waals surface area contributed by atoms with Crippen LogP contribution < -0.4 is 22.5 Å². The molecule has 1 aliphatic heterocycles. The average Bonchev–Trinajstić information content (AvgIpc) is 3.49. The quantitative estimate of drug-likeness (QED) is 0.319. The topological polar surface area (TPSA) is 158 Å². The number of likely N-dealkylation sites (tertiary alicyclic amines) is 1. The Labute approximate surface area is 222 Å². The number of anilines is 1. The van der Waals surface area contributed by atoms with Crippen molar-refractivity contribution in [1.29, 1.82) is 0 Å². The molecule has 1 aromatic carbocycles. The van der Waals surface area contributed by atoms with Crippen LogP contribution in [0.25, 0.3) is 16.8 Å². The molecular weight excluding hydrogens is 513 g/mol. The minimum Gasteiger partial charge on any atom is -0.404 e. The Hall–Kier alpha value is -4.55. The number of amides is 2. The summed E-state index contributed by atoms with van der Waals surface area (Å²) in [4.78, 5) is 35.8. The summed E-state index contributed by atoms with van der Waals surface area (Å²) in [6.45, 7) is 3.29. The molecule has 0 bridgehead atoms. The third-order valence-corrected chi connectivity index (χ3v) is 6.58. The first-order valence-electron chi connectivity index (χ1n) is 12.3. The second-order valence-corrected chi connectivity index (χ2v) is 9.15. The van der Waals surface area contributed by atoms with Gasteiger partial charge in [-0.2, -0.15) is 13.2 Å². The minimum atomic E-state index is -4.71. The van der Waals surface area contributed by atoms with Gasteiger partial charge in [0, 0.05) is 55.1 Å². The largest absolute Gasteiger partial charge is 0.417 e. The number of benzene rings is 1. The fourth-order valence-electron chi connectivity index (χ4n) is 4.54. The predicted molar refractivity (Wildman–Crippen MR) is 140 cm³/mol. The van der Waals surface area contributed by atoms with Gasteiger partial charge in [0.25, 0.3) is 5.91 Å². The first kappa shape index (κ1) is 27.5. The number of imidazole rings is 1. The number of hydrogen-bond acceptors (Lipinski definition) is 7. The highest BCUT2D eigenvalue weighted by Crippen LogP contribution is 2.32. The van der Waals surface area contributed by atoms with Gasteiger partial charge in [0.1, 0.15) is 28.7 Å². The van der Waals surface area contributed by atoms with Gasteiger partial charge in [0.15, 0.2) is 0 Å². The van der Waals surface area contributed by atoms with E-state index in [4.69, 9.17) is 22.2 Å². The van der Waals surface area contributed by atoms with Crippen LogP contribution in [0.2, 0.25) is 0 Å². The number of nitrogens with zero attached hydrogens (tertiary/aromatic N) is 4. The van der Waals surface area contributed by atoms with E-state index in [2.05, 4.69) is 10.3 Å². The molecule has 1 aliphatic rings. The third kappa shape index (κ3) is 5.81. The zero-order valence-electron chi connectivity index (χ0n) is 21.2. The maximum atomic E-state index is 12.9. The average molecular weight is 543 g/mol. The number of carbonyl (C=O) groups is 2. The summed E-state index contributed by atoms with van der Waals surface area (Å²) in [5.74, 6) is -0.112. The second kappa shape index (κ2) is 11.1. The van der Waals surface area contributed by atoms with Crippen molar-refractivity contribution in [2.24, 2.45) is 11.5 Å². The zero-order chi connectivity index (χ0) is 28.3. The molecule has 1 saturated heterocycles. The highest BCUT2D eigenvalue weighted by atomic mass is 19.4. The molecule has 0 spiro atoms. The highest BCUT2D eigenvalue weighted by Gasteiger charge is 2.32. The molecule has 1 atom stereocenters. The van der Waals surface area contributed by atoms with Crippen LogP contribution >= 0.6 is 0 Å². The van der Waals surface area contributed by atoms with Gasteiger partial charge in [-0.15, -0.1) is 0 Å². The molecule has 4 rings (SSSR count). The van der Waals surface area contributed by atoms with Crippen molar-refractivity contribution in [1.82, 2.24) is 24.6 Å². The number of nitrogens with one attached hydrogen (secondary N) is 1. The zero-order valence-corrected chi connectivity index (χ0v) is 21.2. The number of rotatable bonds is 8. The van der Waals surface area contributed by atoms with E-state index in [0.29, 0.717) is 42.0 Å². The maximum Gasteiger partial charge on any atom is 0.417 e. The lowest BCUT2D eigenvalue weighted by Crippen LogP contribution is -2.30. The van der Waals surface area contributed by atoms with Gasteiger partial charge in [0.05, 0.1) is 5.57 Å². The van der Waals surface area contributed by atoms with Crippen LogP contribution in [-0.4, -0.2) is 50.3 Å². The van der Waals surface area contributed by atoms with Crippen molar-refractivity contribution >= 4 is 23.1 Å². The lowest BCUT2D eigenvalue weighted by Gasteiger charge is -2.22. The van der Waals surface area contributed by atoms with Gasteiger partial charge < -0.3 is 27.4 Å². The van der Waals surface area contributed by atoms with Gasteiger partial charge in [-0.05, 0) is 31.1 Å². The van der Waals surface area contributed by atoms with E-state index >= 15 is 0 Å². The minimum absolute atomic E-state index is 0.0425. The van der Waals surface area contributed by atoms with Crippen LogP contribution in [0.15, 0.2) is 60.3 Å². The summed E-state index contributed by atoms with van der Waals surface area (Å²) >= 11 is 0. The Bertz CT molecular complexity index is 1440. The van der Waals surface area contributed by atoms with Crippen LogP contribution in [0.4, 0.5) is 19.0 Å². The first-order chi connectivity index (χ1) is 18.5. The number of hydrogen-bond donors (Lipinski definition) is 4. The van der Waals surface area contributed by atoms with E-state index in [1.807, 2.05) is 16.2 Å². The number of nitrogen functional groups attached to an aromatic ring is 1. The summed E-state index contributed by atoms with van der Waals surface area (Å²) in [5, 5.41) is 2.22. The van der Waals surface area contributed by atoms with E-state index in [9.17, 15) is 22.8 Å². The summed E-state index contributed by atoms with van der Waals surface area (Å²) < 4.78 is 40.5. The SMILES string of the molecule is CCC(CN1CCCC1=O)c1nc(-c2ccc(C(=O)N/C(N)=C/C(=C\N)C(F)(F)F)cc2)c2c(N)nccn12. The molecule has 7 N–H and O–H groups in total. The van der Waals surface area contributed by atoms with E-state index < -0.39 is 23.5 Å². The van der Waals surface area contributed by atoms with Crippen molar-refractivity contribution in [2.45, 2.75) is 38.3 Å². The van der Waals surface area contributed by atoms with Crippen LogP contribution in [0.3, 0.4) is 0 Å². The van der Waals surface area contributed by atoms with Crippen molar-refractivity contribution in [3.05, 3.63) is 71.7 Å². The number of nitrogens with two attached hydrogens (primary N) is 3. The van der Waals surface area contributed by atoms with Gasteiger partial charge >= 0.3 is 6.18 Å². The fourth-order valence-corrected chi connectivity index (χ4v) is 4.54. The molecule has 0 radical (unpaired) electrons. The molecule has 0 saturated carbocycles. The lowest BCUT2D eigenvalue weighted by atomic mass is 10.1. The van der Waals surface area contributed by atoms with Crippen LogP contribution in [0.1, 0.15) is 48.3 Å². The Morgan fingerprint density at radius 1 is 1.26 bits per heavy atom.